The smallest absolute Gasteiger partial charge is 0.196 e. The summed E-state index contributed by atoms with van der Waals surface area (Å²) >= 11 is 0. The molecule has 0 unspecified atom stereocenters. The van der Waals surface area contributed by atoms with Gasteiger partial charge in [0, 0.05) is 24.7 Å². The van der Waals surface area contributed by atoms with Gasteiger partial charge in [-0.3, -0.25) is 0 Å². The lowest BCUT2D eigenvalue weighted by Gasteiger charge is -2.29. The normalized spacial score (nSPS) is 15.0. The van der Waals surface area contributed by atoms with Gasteiger partial charge in [-0.05, 0) is 26.0 Å². The minimum Gasteiger partial charge on any atom is -0.450 e. The van der Waals surface area contributed by atoms with E-state index in [-0.39, 0.29) is 6.04 Å². The first-order valence-electron chi connectivity index (χ1n) is 7.34. The monoisotopic (exact) mass is 333 g/mol. The molecule has 0 spiro atoms. The van der Waals surface area contributed by atoms with Gasteiger partial charge in [-0.1, -0.05) is 12.1 Å². The molecule has 0 saturated carbocycles. The molecule has 2 aromatic heterocycles. The largest absolute Gasteiger partial charge is 0.450 e. The lowest BCUT2D eigenvalue weighted by Crippen LogP contribution is -2.41. The van der Waals surface area contributed by atoms with E-state index in [1.807, 2.05) is 43.1 Å². The van der Waals surface area contributed by atoms with Crippen LogP contribution in [-0.2, 0) is 9.84 Å². The molecule has 3 rings (SSSR count). The molecule has 0 saturated heterocycles. The van der Waals surface area contributed by atoms with E-state index < -0.39 is 15.1 Å². The van der Waals surface area contributed by atoms with Crippen molar-refractivity contribution in [1.29, 1.82) is 0 Å². The second-order valence-electron chi connectivity index (χ2n) is 5.86. The summed E-state index contributed by atoms with van der Waals surface area (Å²) in [7, 11) is -1.33. The highest BCUT2D eigenvalue weighted by atomic mass is 32.2. The van der Waals surface area contributed by atoms with Crippen molar-refractivity contribution in [3.63, 3.8) is 0 Å². The number of nitrogens with zero attached hydrogens (tertiary/aromatic N) is 3. The van der Waals surface area contributed by atoms with Gasteiger partial charge in [-0.25, -0.2) is 18.4 Å². The number of anilines is 1. The van der Waals surface area contributed by atoms with Gasteiger partial charge >= 0.3 is 0 Å². The fraction of sp³-hybridized carbons (Fsp3) is 0.375. The number of furan rings is 1. The first-order valence-corrected chi connectivity index (χ1v) is 9.30. The Morgan fingerprint density at radius 2 is 1.87 bits per heavy atom. The van der Waals surface area contributed by atoms with Crippen molar-refractivity contribution < 1.29 is 12.8 Å². The highest BCUT2D eigenvalue weighted by Crippen LogP contribution is 2.32. The van der Waals surface area contributed by atoms with E-state index in [1.165, 1.54) is 12.6 Å². The quantitative estimate of drug-likeness (QED) is 0.730. The van der Waals surface area contributed by atoms with E-state index in [2.05, 4.69) is 9.97 Å². The molecule has 23 heavy (non-hydrogen) atoms. The molecule has 0 amide bonds. The number of benzene rings is 1. The van der Waals surface area contributed by atoms with Crippen LogP contribution in [0.3, 0.4) is 0 Å². The third-order valence-electron chi connectivity index (χ3n) is 4.44. The maximum Gasteiger partial charge on any atom is 0.196 e. The first-order chi connectivity index (χ1) is 10.8. The van der Waals surface area contributed by atoms with Crippen molar-refractivity contribution in [2.24, 2.45) is 0 Å². The van der Waals surface area contributed by atoms with E-state index in [9.17, 15) is 8.42 Å². The molecule has 0 N–H and O–H groups in total. The van der Waals surface area contributed by atoms with Crippen LogP contribution in [0, 0.1) is 0 Å². The maximum atomic E-state index is 11.8. The molecule has 3 aromatic rings. The Bertz CT molecular complexity index is 965. The summed E-state index contributed by atoms with van der Waals surface area (Å²) in [5.74, 6) is 0.592. The number of rotatable bonds is 4. The summed E-state index contributed by atoms with van der Waals surface area (Å²) < 4.78 is 29.6. The minimum absolute atomic E-state index is 0.253. The minimum atomic E-state index is -3.15. The highest BCUT2D eigenvalue weighted by Gasteiger charge is 2.28. The van der Waals surface area contributed by atoms with Crippen LogP contribution in [-0.4, -0.2) is 43.0 Å². The van der Waals surface area contributed by atoms with Crippen molar-refractivity contribution in [3.8, 4) is 0 Å². The fourth-order valence-corrected chi connectivity index (χ4v) is 3.53. The van der Waals surface area contributed by atoms with Crippen LogP contribution in [0.15, 0.2) is 35.0 Å². The summed E-state index contributed by atoms with van der Waals surface area (Å²) in [6.07, 6.45) is 2.73. The van der Waals surface area contributed by atoms with Crippen molar-refractivity contribution in [2.75, 3.05) is 18.2 Å². The molecule has 0 aliphatic rings. The summed E-state index contributed by atoms with van der Waals surface area (Å²) in [6, 6.07) is 7.40. The van der Waals surface area contributed by atoms with E-state index in [4.69, 9.17) is 4.42 Å². The average Bonchev–Trinajstić information content (AvgIpc) is 2.90. The van der Waals surface area contributed by atoms with Crippen LogP contribution in [0.5, 0.6) is 0 Å². The van der Waals surface area contributed by atoms with E-state index in [1.54, 1.807) is 6.92 Å². The third kappa shape index (κ3) is 2.65. The summed E-state index contributed by atoms with van der Waals surface area (Å²) in [5, 5.41) is 0.394. The van der Waals surface area contributed by atoms with Crippen molar-refractivity contribution in [3.05, 3.63) is 30.6 Å². The van der Waals surface area contributed by atoms with Gasteiger partial charge in [0.05, 0.1) is 5.25 Å². The lowest BCUT2D eigenvalue weighted by atomic mass is 10.2. The molecule has 0 aliphatic carbocycles. The zero-order chi connectivity index (χ0) is 16.8. The number of hydrogen-bond acceptors (Lipinski definition) is 6. The van der Waals surface area contributed by atoms with Crippen LogP contribution >= 0.6 is 0 Å². The number of fused-ring (bicyclic) bond motifs is 3. The van der Waals surface area contributed by atoms with Crippen molar-refractivity contribution >= 4 is 37.7 Å². The lowest BCUT2D eigenvalue weighted by molar-refractivity contribution is 0.564. The van der Waals surface area contributed by atoms with Crippen molar-refractivity contribution in [1.82, 2.24) is 9.97 Å². The topological polar surface area (TPSA) is 76.3 Å². The molecule has 0 aliphatic heterocycles. The van der Waals surface area contributed by atoms with Crippen LogP contribution < -0.4 is 4.90 Å². The Hall–Kier alpha value is -2.15. The molecule has 0 radical (unpaired) electrons. The second-order valence-corrected chi connectivity index (χ2v) is 8.26. The average molecular weight is 333 g/mol. The molecule has 0 fully saturated rings. The van der Waals surface area contributed by atoms with E-state index >= 15 is 0 Å². The Kier molecular flexibility index (Phi) is 3.75. The van der Waals surface area contributed by atoms with Gasteiger partial charge in [0.1, 0.15) is 17.4 Å². The Morgan fingerprint density at radius 3 is 2.57 bits per heavy atom. The van der Waals surface area contributed by atoms with Gasteiger partial charge in [-0.15, -0.1) is 0 Å². The predicted molar refractivity (Wildman–Crippen MR) is 91.5 cm³/mol. The zero-order valence-electron chi connectivity index (χ0n) is 13.5. The van der Waals surface area contributed by atoms with E-state index in [0.717, 1.165) is 16.5 Å². The second kappa shape index (κ2) is 5.49. The predicted octanol–water partition coefficient (Wildman–Crippen LogP) is 2.63. The molecule has 7 heteroatoms. The summed E-state index contributed by atoms with van der Waals surface area (Å²) in [4.78, 5) is 10.5. The Labute approximate surface area is 135 Å². The molecule has 0 bridgehead atoms. The first kappa shape index (κ1) is 15.7. The van der Waals surface area contributed by atoms with Crippen molar-refractivity contribution in [2.45, 2.75) is 25.1 Å². The Balaban J connectivity index is 2.12. The molecular weight excluding hydrogens is 314 g/mol. The highest BCUT2D eigenvalue weighted by molar-refractivity contribution is 7.91. The number of hydrogen-bond donors (Lipinski definition) is 0. The Morgan fingerprint density at radius 1 is 1.17 bits per heavy atom. The molecule has 1 aromatic carbocycles. The van der Waals surface area contributed by atoms with Gasteiger partial charge in [0.2, 0.25) is 0 Å². The number of para-hydroxylation sites is 1. The third-order valence-corrected chi connectivity index (χ3v) is 6.18. The van der Waals surface area contributed by atoms with Gasteiger partial charge < -0.3 is 9.32 Å². The van der Waals surface area contributed by atoms with Crippen LogP contribution in [0.4, 0.5) is 5.82 Å². The standard InChI is InChI=1S/C16H19N3O3S/c1-10(11(2)23(4,20)21)19(3)16-15-14(17-9-18-16)12-7-5-6-8-13(12)22-15/h5-11H,1-4H3/t10-,11+/m0/s1. The summed E-state index contributed by atoms with van der Waals surface area (Å²) in [5.41, 5.74) is 2.04. The number of aromatic nitrogens is 2. The zero-order valence-corrected chi connectivity index (χ0v) is 14.3. The van der Waals surface area contributed by atoms with Crippen LogP contribution in [0.25, 0.3) is 22.1 Å². The SMILES string of the molecule is C[C@H]([C@H](C)N(C)c1ncnc2c1oc1ccccc12)S(C)(=O)=O. The summed E-state index contributed by atoms with van der Waals surface area (Å²) in [6.45, 7) is 3.57. The molecule has 2 atom stereocenters. The van der Waals surface area contributed by atoms with Gasteiger partial charge in [0.15, 0.2) is 21.2 Å². The van der Waals surface area contributed by atoms with Gasteiger partial charge in [0.25, 0.3) is 0 Å². The van der Waals surface area contributed by atoms with Crippen LogP contribution in [0.2, 0.25) is 0 Å². The molecule has 122 valence electrons. The number of sulfone groups is 1. The van der Waals surface area contributed by atoms with Crippen LogP contribution in [0.1, 0.15) is 13.8 Å². The van der Waals surface area contributed by atoms with E-state index in [0.29, 0.717) is 11.4 Å². The molecular formula is C16H19N3O3S. The fourth-order valence-electron chi connectivity index (χ4n) is 2.63. The maximum absolute atomic E-state index is 11.8. The molecule has 6 nitrogen and oxygen atoms in total. The van der Waals surface area contributed by atoms with Gasteiger partial charge in [-0.2, -0.15) is 0 Å². The molecule has 2 heterocycles.